The molecular formula is C21H27N3O2. The zero-order valence-corrected chi connectivity index (χ0v) is 15.5. The predicted molar refractivity (Wildman–Crippen MR) is 104 cm³/mol. The van der Waals surface area contributed by atoms with Gasteiger partial charge in [-0.1, -0.05) is 12.1 Å². The fraction of sp³-hybridized carbons (Fsp3) is 0.524. The number of pyridine rings is 1. The molecule has 2 fully saturated rings. The van der Waals surface area contributed by atoms with E-state index in [2.05, 4.69) is 4.90 Å². The van der Waals surface area contributed by atoms with Gasteiger partial charge in [0.1, 0.15) is 5.56 Å². The average molecular weight is 353 g/mol. The van der Waals surface area contributed by atoms with Crippen LogP contribution in [0.25, 0.3) is 10.9 Å². The van der Waals surface area contributed by atoms with E-state index >= 15 is 0 Å². The molecule has 5 nitrogen and oxygen atoms in total. The zero-order chi connectivity index (χ0) is 18.1. The molecule has 0 saturated carbocycles. The molecule has 0 bridgehead atoms. The van der Waals surface area contributed by atoms with Gasteiger partial charge in [0.2, 0.25) is 5.43 Å². The van der Waals surface area contributed by atoms with Crippen molar-refractivity contribution in [1.29, 1.82) is 0 Å². The number of hydrogen-bond acceptors (Lipinski definition) is 3. The van der Waals surface area contributed by atoms with E-state index in [9.17, 15) is 9.59 Å². The second-order valence-corrected chi connectivity index (χ2v) is 7.66. The number of rotatable bonds is 3. The average Bonchev–Trinajstić information content (AvgIpc) is 3.18. The van der Waals surface area contributed by atoms with Crippen molar-refractivity contribution in [2.75, 3.05) is 26.2 Å². The summed E-state index contributed by atoms with van der Waals surface area (Å²) >= 11 is 0. The standard InChI is InChI=1S/C21H27N3O2/c1-22-15-18(20(25)17-9-2-3-10-19(17)22)21(26)24-13-5-4-8-16(24)14-23-11-6-7-12-23/h2-3,9-10,15-16H,4-8,11-14H2,1H3. The Morgan fingerprint density at radius 1 is 1.08 bits per heavy atom. The molecule has 2 aromatic rings. The second kappa shape index (κ2) is 7.23. The molecule has 1 unspecified atom stereocenters. The lowest BCUT2D eigenvalue weighted by Crippen LogP contribution is -2.50. The minimum absolute atomic E-state index is 0.0970. The molecular weight excluding hydrogens is 326 g/mol. The summed E-state index contributed by atoms with van der Waals surface area (Å²) in [6.07, 6.45) is 7.45. The third-order valence-electron chi connectivity index (χ3n) is 5.88. The summed E-state index contributed by atoms with van der Waals surface area (Å²) in [4.78, 5) is 30.7. The van der Waals surface area contributed by atoms with E-state index in [4.69, 9.17) is 0 Å². The molecule has 0 radical (unpaired) electrons. The summed E-state index contributed by atoms with van der Waals surface area (Å²) in [5.41, 5.74) is 1.02. The summed E-state index contributed by atoms with van der Waals surface area (Å²) in [6, 6.07) is 7.73. The first-order valence-electron chi connectivity index (χ1n) is 9.77. The smallest absolute Gasteiger partial charge is 0.259 e. The number of hydrogen-bond donors (Lipinski definition) is 0. The monoisotopic (exact) mass is 353 g/mol. The summed E-state index contributed by atoms with van der Waals surface area (Å²) in [5.74, 6) is -0.0970. The Bertz CT molecular complexity index is 867. The van der Waals surface area contributed by atoms with Crippen molar-refractivity contribution in [3.63, 3.8) is 0 Å². The lowest BCUT2D eigenvalue weighted by molar-refractivity contribution is 0.0559. The van der Waals surface area contributed by atoms with Gasteiger partial charge in [-0.15, -0.1) is 0 Å². The van der Waals surface area contributed by atoms with Crippen molar-refractivity contribution >= 4 is 16.8 Å². The summed E-state index contributed by atoms with van der Waals surface area (Å²) in [7, 11) is 1.90. The van der Waals surface area contributed by atoms with E-state index in [-0.39, 0.29) is 17.4 Å². The second-order valence-electron chi connectivity index (χ2n) is 7.66. The van der Waals surface area contributed by atoms with Crippen molar-refractivity contribution in [3.05, 3.63) is 46.2 Å². The van der Waals surface area contributed by atoms with E-state index in [1.807, 2.05) is 40.8 Å². The largest absolute Gasteiger partial charge is 0.350 e. The Balaban J connectivity index is 1.66. The third kappa shape index (κ3) is 3.16. The van der Waals surface area contributed by atoms with E-state index in [1.165, 1.54) is 12.8 Å². The Labute approximate surface area is 154 Å². The number of benzene rings is 1. The molecule has 1 atom stereocenters. The molecule has 5 heteroatoms. The molecule has 2 saturated heterocycles. The van der Waals surface area contributed by atoms with Crippen LogP contribution < -0.4 is 5.43 Å². The summed E-state index contributed by atoms with van der Waals surface area (Å²) in [5, 5.41) is 0.619. The van der Waals surface area contributed by atoms with Crippen molar-refractivity contribution in [2.24, 2.45) is 7.05 Å². The molecule has 4 rings (SSSR count). The van der Waals surface area contributed by atoms with Crippen LogP contribution in [0.15, 0.2) is 35.3 Å². The first-order valence-corrected chi connectivity index (χ1v) is 9.77. The first-order chi connectivity index (χ1) is 12.6. The van der Waals surface area contributed by atoms with E-state index in [1.54, 1.807) is 6.20 Å². The van der Waals surface area contributed by atoms with Crippen LogP contribution in [0, 0.1) is 0 Å². The van der Waals surface area contributed by atoms with Crippen LogP contribution in [0.2, 0.25) is 0 Å². The normalized spacial score (nSPS) is 21.4. The lowest BCUT2D eigenvalue weighted by Gasteiger charge is -2.38. The van der Waals surface area contributed by atoms with Gasteiger partial charge in [0, 0.05) is 37.8 Å². The molecule has 0 N–H and O–H groups in total. The van der Waals surface area contributed by atoms with Crippen molar-refractivity contribution in [1.82, 2.24) is 14.4 Å². The topological polar surface area (TPSA) is 45.6 Å². The SMILES string of the molecule is Cn1cc(C(=O)N2CCCCC2CN2CCCC2)c(=O)c2ccccc21. The van der Waals surface area contributed by atoms with Gasteiger partial charge < -0.3 is 14.4 Å². The van der Waals surface area contributed by atoms with Crippen LogP contribution >= 0.6 is 0 Å². The molecule has 1 amide bonds. The van der Waals surface area contributed by atoms with Crippen LogP contribution in [0.4, 0.5) is 0 Å². The van der Waals surface area contributed by atoms with Gasteiger partial charge in [0.15, 0.2) is 0 Å². The molecule has 1 aromatic carbocycles. The fourth-order valence-corrected chi connectivity index (χ4v) is 4.47. The number of piperidine rings is 1. The van der Waals surface area contributed by atoms with Gasteiger partial charge in [-0.2, -0.15) is 0 Å². The number of aromatic nitrogens is 1. The molecule has 0 spiro atoms. The summed E-state index contributed by atoms with van der Waals surface area (Å²) < 4.78 is 1.89. The van der Waals surface area contributed by atoms with Crippen LogP contribution in [0.5, 0.6) is 0 Å². The van der Waals surface area contributed by atoms with Crippen LogP contribution in [-0.4, -0.2) is 52.5 Å². The van der Waals surface area contributed by atoms with Crippen LogP contribution in [0.1, 0.15) is 42.5 Å². The highest BCUT2D eigenvalue weighted by molar-refractivity contribution is 5.97. The van der Waals surface area contributed by atoms with Crippen molar-refractivity contribution in [2.45, 2.75) is 38.1 Å². The van der Waals surface area contributed by atoms with E-state index < -0.39 is 0 Å². The minimum atomic E-state index is -0.144. The number of aryl methyl sites for hydroxylation is 1. The third-order valence-corrected chi connectivity index (χ3v) is 5.88. The summed E-state index contributed by atoms with van der Waals surface area (Å²) in [6.45, 7) is 3.97. The van der Waals surface area contributed by atoms with Gasteiger partial charge in [0.25, 0.3) is 5.91 Å². The number of fused-ring (bicyclic) bond motifs is 1. The van der Waals surface area contributed by atoms with Gasteiger partial charge in [0.05, 0.1) is 5.52 Å². The minimum Gasteiger partial charge on any atom is -0.350 e. The molecule has 138 valence electrons. The fourth-order valence-electron chi connectivity index (χ4n) is 4.47. The molecule has 1 aromatic heterocycles. The maximum Gasteiger partial charge on any atom is 0.259 e. The molecule has 2 aliphatic heterocycles. The molecule has 0 aliphatic carbocycles. The number of nitrogens with zero attached hydrogens (tertiary/aromatic N) is 3. The Morgan fingerprint density at radius 3 is 2.62 bits per heavy atom. The number of likely N-dealkylation sites (tertiary alicyclic amines) is 2. The maximum atomic E-state index is 13.3. The Morgan fingerprint density at radius 2 is 1.81 bits per heavy atom. The van der Waals surface area contributed by atoms with Gasteiger partial charge in [-0.3, -0.25) is 9.59 Å². The van der Waals surface area contributed by atoms with Crippen molar-refractivity contribution < 1.29 is 4.79 Å². The number of para-hydroxylation sites is 1. The van der Waals surface area contributed by atoms with Crippen LogP contribution in [0.3, 0.4) is 0 Å². The predicted octanol–water partition coefficient (Wildman–Crippen LogP) is 2.63. The molecule has 2 aliphatic rings. The highest BCUT2D eigenvalue weighted by atomic mass is 16.2. The van der Waals surface area contributed by atoms with Gasteiger partial charge in [-0.25, -0.2) is 0 Å². The quantitative estimate of drug-likeness (QED) is 0.852. The zero-order valence-electron chi connectivity index (χ0n) is 15.5. The maximum absolute atomic E-state index is 13.3. The van der Waals surface area contributed by atoms with Crippen molar-refractivity contribution in [3.8, 4) is 0 Å². The highest BCUT2D eigenvalue weighted by Crippen LogP contribution is 2.22. The number of amides is 1. The van der Waals surface area contributed by atoms with Gasteiger partial charge in [-0.05, 0) is 57.3 Å². The first kappa shape index (κ1) is 17.3. The number of carbonyl (C=O) groups excluding carboxylic acids is 1. The Kier molecular flexibility index (Phi) is 4.81. The van der Waals surface area contributed by atoms with Gasteiger partial charge >= 0.3 is 0 Å². The molecule has 26 heavy (non-hydrogen) atoms. The van der Waals surface area contributed by atoms with E-state index in [0.717, 1.165) is 51.0 Å². The lowest BCUT2D eigenvalue weighted by atomic mass is 10.00. The Hall–Kier alpha value is -2.14. The van der Waals surface area contributed by atoms with E-state index in [0.29, 0.717) is 10.9 Å². The number of carbonyl (C=O) groups is 1. The highest BCUT2D eigenvalue weighted by Gasteiger charge is 2.31. The van der Waals surface area contributed by atoms with Crippen LogP contribution in [-0.2, 0) is 7.05 Å². The molecule has 3 heterocycles.